The van der Waals surface area contributed by atoms with Gasteiger partial charge in [0.05, 0.1) is 10.8 Å². The van der Waals surface area contributed by atoms with Crippen molar-refractivity contribution in [2.75, 3.05) is 0 Å². The van der Waals surface area contributed by atoms with Gasteiger partial charge < -0.3 is 23.5 Å². The number of benzene rings is 2. The van der Waals surface area contributed by atoms with Crippen LogP contribution in [0.3, 0.4) is 0 Å². The van der Waals surface area contributed by atoms with Gasteiger partial charge in [-0.15, -0.1) is 0 Å². The van der Waals surface area contributed by atoms with Crippen LogP contribution in [-0.4, -0.2) is 18.8 Å². The van der Waals surface area contributed by atoms with Crippen LogP contribution in [0, 0.1) is 0 Å². The normalized spacial score (nSPS) is 16.5. The lowest BCUT2D eigenvalue weighted by molar-refractivity contribution is 0.298. The van der Waals surface area contributed by atoms with E-state index in [0.29, 0.717) is 22.7 Å². The maximum absolute atomic E-state index is 10.2. The first-order valence-corrected chi connectivity index (χ1v) is 10.5. The summed E-state index contributed by atoms with van der Waals surface area (Å²) in [6.45, 7) is 12.7. The first kappa shape index (κ1) is 17.1. The van der Waals surface area contributed by atoms with Crippen LogP contribution in [0.4, 0.5) is 0 Å². The van der Waals surface area contributed by atoms with Gasteiger partial charge in [0.2, 0.25) is 0 Å². The molecule has 0 saturated carbocycles. The Balaban J connectivity index is 2.17. The van der Waals surface area contributed by atoms with Crippen molar-refractivity contribution in [3.8, 4) is 23.0 Å². The number of phenolic OH excluding ortho intramolecular Hbond substituents is 2. The molecular weight excluding hydrogens is 348 g/mol. The standard InChI is InChI=1S/C20H24O5Si/c1-19(2,3)26(20(4,5)6)24-15-9-11(21)7-13-17(15)18-14(23-13)8-12(22)10-16(18)25-26/h7-10,21-22H,1-6H3. The third-order valence-corrected chi connectivity index (χ3v) is 10.0. The molecule has 4 rings (SSSR count). The Morgan fingerprint density at radius 3 is 1.42 bits per heavy atom. The van der Waals surface area contributed by atoms with Crippen LogP contribution in [0.2, 0.25) is 10.1 Å². The summed E-state index contributed by atoms with van der Waals surface area (Å²) >= 11 is 0. The minimum Gasteiger partial charge on any atom is -0.510 e. The van der Waals surface area contributed by atoms with Gasteiger partial charge in [0, 0.05) is 34.3 Å². The minimum atomic E-state index is -2.96. The predicted molar refractivity (Wildman–Crippen MR) is 103 cm³/mol. The van der Waals surface area contributed by atoms with E-state index in [2.05, 4.69) is 41.5 Å². The highest BCUT2D eigenvalue weighted by atomic mass is 28.4. The summed E-state index contributed by atoms with van der Waals surface area (Å²) in [5.74, 6) is 1.29. The van der Waals surface area contributed by atoms with Gasteiger partial charge in [0.15, 0.2) is 0 Å². The van der Waals surface area contributed by atoms with Gasteiger partial charge in [-0.2, -0.15) is 0 Å². The SMILES string of the molecule is CC(C)(C)[Si]1(C(C)(C)C)Oc2cc(O)cc3oc4cc(O)cc(c4c23)O1. The van der Waals surface area contributed by atoms with Crippen LogP contribution in [0.5, 0.6) is 23.0 Å². The molecule has 0 amide bonds. The summed E-state index contributed by atoms with van der Waals surface area (Å²) in [6, 6.07) is 6.38. The molecule has 1 aliphatic heterocycles. The summed E-state index contributed by atoms with van der Waals surface area (Å²) in [6.07, 6.45) is 0. The van der Waals surface area contributed by atoms with Gasteiger partial charge in [0.1, 0.15) is 34.2 Å². The zero-order valence-corrected chi connectivity index (χ0v) is 16.9. The second kappa shape index (κ2) is 4.88. The van der Waals surface area contributed by atoms with E-state index in [1.165, 1.54) is 0 Å². The molecule has 0 saturated heterocycles. The predicted octanol–water partition coefficient (Wildman–Crippen LogP) is 5.81. The van der Waals surface area contributed by atoms with Crippen LogP contribution in [-0.2, 0) is 0 Å². The molecule has 3 aromatic rings. The number of aromatic hydroxyl groups is 2. The number of furan rings is 1. The minimum absolute atomic E-state index is 0.0740. The van der Waals surface area contributed by atoms with Crippen LogP contribution in [0.15, 0.2) is 28.7 Å². The molecule has 0 bridgehead atoms. The van der Waals surface area contributed by atoms with Gasteiger partial charge in [-0.1, -0.05) is 41.5 Å². The third-order valence-electron chi connectivity index (χ3n) is 5.05. The molecule has 0 fully saturated rings. The second-order valence-corrected chi connectivity index (χ2v) is 13.7. The lowest BCUT2D eigenvalue weighted by atomic mass is 10.1. The second-order valence-electron chi connectivity index (χ2n) is 9.06. The molecule has 1 aromatic heterocycles. The average molecular weight is 372 g/mol. The van der Waals surface area contributed by atoms with E-state index in [1.54, 1.807) is 24.3 Å². The maximum Gasteiger partial charge on any atom is 0.471 e. The topological polar surface area (TPSA) is 72.1 Å². The zero-order chi connectivity index (χ0) is 19.1. The van der Waals surface area contributed by atoms with Gasteiger partial charge in [-0.3, -0.25) is 0 Å². The first-order valence-electron chi connectivity index (χ1n) is 8.73. The van der Waals surface area contributed by atoms with Crippen molar-refractivity contribution < 1.29 is 23.5 Å². The Labute approximate surface area is 153 Å². The van der Waals surface area contributed by atoms with Crippen molar-refractivity contribution in [1.82, 2.24) is 0 Å². The number of phenols is 2. The third kappa shape index (κ3) is 2.14. The number of rotatable bonds is 0. The highest BCUT2D eigenvalue weighted by molar-refractivity contribution is 6.75. The fourth-order valence-electron chi connectivity index (χ4n) is 4.15. The van der Waals surface area contributed by atoms with E-state index in [9.17, 15) is 10.2 Å². The van der Waals surface area contributed by atoms with Crippen molar-refractivity contribution in [2.45, 2.75) is 51.6 Å². The molecule has 2 aromatic carbocycles. The molecule has 138 valence electrons. The van der Waals surface area contributed by atoms with Crippen LogP contribution in [0.1, 0.15) is 41.5 Å². The van der Waals surface area contributed by atoms with E-state index in [0.717, 1.165) is 10.8 Å². The molecular formula is C20H24O5Si. The summed E-state index contributed by atoms with van der Waals surface area (Å²) in [5.41, 5.74) is 1.02. The van der Waals surface area contributed by atoms with Crippen molar-refractivity contribution in [3.05, 3.63) is 24.3 Å². The summed E-state index contributed by atoms with van der Waals surface area (Å²) < 4.78 is 19.2. The quantitative estimate of drug-likeness (QED) is 0.487. The Hall–Kier alpha value is -2.34. The van der Waals surface area contributed by atoms with E-state index >= 15 is 0 Å². The molecule has 0 radical (unpaired) electrons. The summed E-state index contributed by atoms with van der Waals surface area (Å²) in [7, 11) is -2.96. The fourth-order valence-corrected chi connectivity index (χ4v) is 8.61. The smallest absolute Gasteiger partial charge is 0.471 e. The van der Waals surface area contributed by atoms with Gasteiger partial charge in [-0.05, 0) is 0 Å². The van der Waals surface area contributed by atoms with Crippen LogP contribution >= 0.6 is 0 Å². The molecule has 2 heterocycles. The fraction of sp³-hybridized carbons (Fsp3) is 0.400. The Morgan fingerprint density at radius 1 is 0.692 bits per heavy atom. The van der Waals surface area contributed by atoms with E-state index < -0.39 is 8.56 Å². The molecule has 6 heteroatoms. The molecule has 0 atom stereocenters. The Morgan fingerprint density at radius 2 is 1.08 bits per heavy atom. The highest BCUT2D eigenvalue weighted by Gasteiger charge is 2.63. The molecule has 5 nitrogen and oxygen atoms in total. The van der Waals surface area contributed by atoms with Gasteiger partial charge in [-0.25, -0.2) is 0 Å². The van der Waals surface area contributed by atoms with E-state index in [-0.39, 0.29) is 21.6 Å². The Bertz CT molecular complexity index is 954. The molecule has 0 unspecified atom stereocenters. The first-order chi connectivity index (χ1) is 11.9. The molecule has 0 aliphatic carbocycles. The lowest BCUT2D eigenvalue weighted by Gasteiger charge is -2.47. The molecule has 26 heavy (non-hydrogen) atoms. The van der Waals surface area contributed by atoms with E-state index in [1.807, 2.05) is 0 Å². The van der Waals surface area contributed by atoms with Gasteiger partial charge >= 0.3 is 8.56 Å². The van der Waals surface area contributed by atoms with E-state index in [4.69, 9.17) is 13.3 Å². The number of hydrogen-bond donors (Lipinski definition) is 2. The highest BCUT2D eigenvalue weighted by Crippen LogP contribution is 2.57. The molecule has 1 aliphatic rings. The largest absolute Gasteiger partial charge is 0.510 e. The summed E-state index contributed by atoms with van der Waals surface area (Å²) in [4.78, 5) is 0. The average Bonchev–Trinajstić information content (AvgIpc) is 2.72. The Kier molecular flexibility index (Phi) is 3.21. The monoisotopic (exact) mass is 372 g/mol. The van der Waals surface area contributed by atoms with Crippen molar-refractivity contribution >= 4 is 30.5 Å². The summed E-state index contributed by atoms with van der Waals surface area (Å²) in [5, 5.41) is 21.4. The van der Waals surface area contributed by atoms with Crippen molar-refractivity contribution in [3.63, 3.8) is 0 Å². The van der Waals surface area contributed by atoms with Crippen LogP contribution in [0.25, 0.3) is 21.9 Å². The maximum atomic E-state index is 10.2. The van der Waals surface area contributed by atoms with Crippen molar-refractivity contribution in [1.29, 1.82) is 0 Å². The molecule has 0 spiro atoms. The lowest BCUT2D eigenvalue weighted by Crippen LogP contribution is -2.62. The zero-order valence-electron chi connectivity index (χ0n) is 15.9. The molecule has 2 N–H and O–H groups in total. The van der Waals surface area contributed by atoms with Gasteiger partial charge in [0.25, 0.3) is 0 Å². The van der Waals surface area contributed by atoms with Crippen LogP contribution < -0.4 is 8.85 Å². The van der Waals surface area contributed by atoms with Crippen molar-refractivity contribution in [2.24, 2.45) is 0 Å². The number of hydrogen-bond acceptors (Lipinski definition) is 5.